The third kappa shape index (κ3) is 2.20. The Hall–Kier alpha value is -0.0900. The number of hydrogen-bond donors (Lipinski definition) is 0. The van der Waals surface area contributed by atoms with E-state index in [4.69, 9.17) is 0 Å². The van der Waals surface area contributed by atoms with Gasteiger partial charge in [-0.1, -0.05) is 0 Å². The fraction of sp³-hybridized carbons (Fsp3) is 0. The van der Waals surface area contributed by atoms with E-state index < -0.39 is 0 Å². The van der Waals surface area contributed by atoms with Gasteiger partial charge in [0.15, 0.2) is 0 Å². The van der Waals surface area contributed by atoms with E-state index in [0.717, 1.165) is 0 Å². The lowest BCUT2D eigenvalue weighted by Crippen LogP contribution is -1.77. The summed E-state index contributed by atoms with van der Waals surface area (Å²) in [6, 6.07) is 2.84. The molecule has 0 bridgehead atoms. The Kier molecular flexibility index (Phi) is 3.53. The van der Waals surface area contributed by atoms with Gasteiger partial charge in [-0.25, -0.2) is 4.39 Å². The highest BCUT2D eigenvalue weighted by Gasteiger charge is 2.04. The van der Waals surface area contributed by atoms with Gasteiger partial charge in [-0.15, -0.1) is 0 Å². The summed E-state index contributed by atoms with van der Waals surface area (Å²) in [7, 11) is 0. The Morgan fingerprint density at radius 2 is 2.00 bits per heavy atom. The van der Waals surface area contributed by atoms with Crippen LogP contribution in [0.2, 0.25) is 0 Å². The maximum absolute atomic E-state index is 12.8. The Labute approximate surface area is 91.0 Å². The van der Waals surface area contributed by atoms with Crippen LogP contribution in [0.1, 0.15) is 0 Å². The predicted molar refractivity (Wildman–Crippen MR) is 56.5 cm³/mol. The van der Waals surface area contributed by atoms with Crippen molar-refractivity contribution in [3.8, 4) is 0 Å². The summed E-state index contributed by atoms with van der Waals surface area (Å²) in [6.07, 6.45) is 0. The van der Waals surface area contributed by atoms with Gasteiger partial charge in [0.2, 0.25) is 0 Å². The van der Waals surface area contributed by atoms with E-state index >= 15 is 0 Å². The van der Waals surface area contributed by atoms with Crippen molar-refractivity contribution in [2.24, 2.45) is 4.99 Å². The molecule has 1 rings (SSSR count). The molecule has 0 atom stereocenters. The molecule has 1 nitrogen and oxygen atoms in total. The SMILES string of the molecule is Fc1cc(Br)c(N=C=S)cc1Br. The Balaban J connectivity index is 3.32. The summed E-state index contributed by atoms with van der Waals surface area (Å²) in [5.41, 5.74) is 0.554. The van der Waals surface area contributed by atoms with Crippen LogP contribution in [-0.2, 0) is 0 Å². The van der Waals surface area contributed by atoms with Gasteiger partial charge in [0.25, 0.3) is 0 Å². The molecule has 0 unspecified atom stereocenters. The van der Waals surface area contributed by atoms with Crippen molar-refractivity contribution in [3.05, 3.63) is 26.9 Å². The second-order valence-electron chi connectivity index (χ2n) is 1.92. The number of isothiocyanates is 1. The Morgan fingerprint density at radius 1 is 1.33 bits per heavy atom. The minimum Gasteiger partial charge on any atom is -0.206 e. The molecular weight excluding hydrogens is 309 g/mol. The van der Waals surface area contributed by atoms with E-state index in [1.54, 1.807) is 0 Å². The summed E-state index contributed by atoms with van der Waals surface area (Å²) in [5, 5.41) is 2.21. The number of halogens is 3. The topological polar surface area (TPSA) is 12.4 Å². The molecule has 1 aromatic carbocycles. The van der Waals surface area contributed by atoms with E-state index in [-0.39, 0.29) is 5.82 Å². The Morgan fingerprint density at radius 3 is 2.58 bits per heavy atom. The zero-order chi connectivity index (χ0) is 9.14. The van der Waals surface area contributed by atoms with Gasteiger partial charge in [0.1, 0.15) is 5.82 Å². The quantitative estimate of drug-likeness (QED) is 0.432. The molecule has 0 aliphatic heterocycles. The number of nitrogens with zero attached hydrogens (tertiary/aromatic N) is 1. The molecule has 0 spiro atoms. The molecular formula is C7H2Br2FNS. The van der Waals surface area contributed by atoms with Crippen molar-refractivity contribution < 1.29 is 4.39 Å². The standard InChI is InChI=1S/C7H2Br2FNS/c8-4-2-7(11-3-12)5(9)1-6(4)10/h1-2H. The van der Waals surface area contributed by atoms with Crippen LogP contribution in [-0.4, -0.2) is 5.16 Å². The van der Waals surface area contributed by atoms with E-state index in [9.17, 15) is 4.39 Å². The van der Waals surface area contributed by atoms with E-state index in [1.807, 2.05) is 0 Å². The molecule has 12 heavy (non-hydrogen) atoms. The van der Waals surface area contributed by atoms with Crippen molar-refractivity contribution in [3.63, 3.8) is 0 Å². The van der Waals surface area contributed by atoms with Crippen molar-refractivity contribution in [1.82, 2.24) is 0 Å². The van der Waals surface area contributed by atoms with Crippen LogP contribution < -0.4 is 0 Å². The summed E-state index contributed by atoms with van der Waals surface area (Å²) in [5.74, 6) is -0.342. The molecule has 0 N–H and O–H groups in total. The lowest BCUT2D eigenvalue weighted by atomic mass is 10.3. The fourth-order valence-corrected chi connectivity index (χ4v) is 1.48. The van der Waals surface area contributed by atoms with Crippen LogP contribution in [0.4, 0.5) is 10.1 Å². The molecule has 5 heteroatoms. The second-order valence-corrected chi connectivity index (χ2v) is 3.81. The minimum absolute atomic E-state index is 0.342. The van der Waals surface area contributed by atoms with Crippen LogP contribution in [0.5, 0.6) is 0 Å². The molecule has 62 valence electrons. The van der Waals surface area contributed by atoms with Crippen LogP contribution >= 0.6 is 44.1 Å². The zero-order valence-electron chi connectivity index (χ0n) is 5.64. The monoisotopic (exact) mass is 309 g/mol. The molecule has 0 amide bonds. The third-order valence-electron chi connectivity index (χ3n) is 1.16. The Bertz CT molecular complexity index is 361. The largest absolute Gasteiger partial charge is 0.206 e. The van der Waals surface area contributed by atoms with Gasteiger partial charge in [-0.05, 0) is 56.2 Å². The van der Waals surface area contributed by atoms with Crippen molar-refractivity contribution in [2.75, 3.05) is 0 Å². The van der Waals surface area contributed by atoms with Crippen LogP contribution in [0.3, 0.4) is 0 Å². The van der Waals surface area contributed by atoms with E-state index in [2.05, 4.69) is 54.2 Å². The van der Waals surface area contributed by atoms with Crippen LogP contribution in [0, 0.1) is 5.82 Å². The fourth-order valence-electron chi connectivity index (χ4n) is 0.647. The molecule has 0 aromatic heterocycles. The molecule has 0 radical (unpaired) electrons. The van der Waals surface area contributed by atoms with Crippen molar-refractivity contribution in [1.29, 1.82) is 0 Å². The van der Waals surface area contributed by atoms with Gasteiger partial charge in [-0.3, -0.25) is 0 Å². The third-order valence-corrected chi connectivity index (χ3v) is 2.49. The first-order chi connectivity index (χ1) is 5.65. The van der Waals surface area contributed by atoms with Gasteiger partial charge >= 0.3 is 0 Å². The van der Waals surface area contributed by atoms with Crippen molar-refractivity contribution >= 4 is 54.9 Å². The average molecular weight is 311 g/mol. The summed E-state index contributed by atoms with van der Waals surface area (Å²) < 4.78 is 13.7. The highest BCUT2D eigenvalue weighted by atomic mass is 79.9. The maximum Gasteiger partial charge on any atom is 0.138 e. The van der Waals surface area contributed by atoms with Crippen LogP contribution in [0.15, 0.2) is 26.1 Å². The first kappa shape index (κ1) is 9.99. The molecule has 0 heterocycles. The normalized spacial score (nSPS) is 9.25. The maximum atomic E-state index is 12.8. The number of benzene rings is 1. The number of aliphatic imine (C=N–C) groups is 1. The number of thiocarbonyl (C=S) groups is 1. The average Bonchev–Trinajstić information content (AvgIpc) is 2.01. The predicted octanol–water partition coefficient (Wildman–Crippen LogP) is 4.09. The van der Waals surface area contributed by atoms with Gasteiger partial charge < -0.3 is 0 Å². The zero-order valence-corrected chi connectivity index (χ0v) is 9.63. The summed E-state index contributed by atoms with van der Waals surface area (Å²) in [6.45, 7) is 0. The van der Waals surface area contributed by atoms with Gasteiger partial charge in [-0.2, -0.15) is 4.99 Å². The number of rotatable bonds is 1. The smallest absolute Gasteiger partial charge is 0.138 e. The lowest BCUT2D eigenvalue weighted by Gasteiger charge is -1.98. The molecule has 0 fully saturated rings. The number of hydrogen-bond acceptors (Lipinski definition) is 2. The highest BCUT2D eigenvalue weighted by Crippen LogP contribution is 2.30. The molecule has 1 aromatic rings. The molecule has 0 saturated carbocycles. The highest BCUT2D eigenvalue weighted by molar-refractivity contribution is 9.11. The van der Waals surface area contributed by atoms with E-state index in [1.165, 1.54) is 12.1 Å². The lowest BCUT2D eigenvalue weighted by molar-refractivity contribution is 0.620. The van der Waals surface area contributed by atoms with E-state index in [0.29, 0.717) is 14.6 Å². The minimum atomic E-state index is -0.342. The van der Waals surface area contributed by atoms with Gasteiger partial charge in [0, 0.05) is 4.47 Å². The molecule has 0 aliphatic rings. The van der Waals surface area contributed by atoms with Crippen molar-refractivity contribution in [2.45, 2.75) is 0 Å². The molecule has 0 aliphatic carbocycles. The second kappa shape index (κ2) is 4.23. The van der Waals surface area contributed by atoms with Crippen LogP contribution in [0.25, 0.3) is 0 Å². The first-order valence-corrected chi connectivity index (χ1v) is 4.87. The summed E-state index contributed by atoms with van der Waals surface area (Å²) in [4.78, 5) is 3.73. The molecule has 0 saturated heterocycles. The van der Waals surface area contributed by atoms with Gasteiger partial charge in [0.05, 0.1) is 15.3 Å². The first-order valence-electron chi connectivity index (χ1n) is 2.87. The summed E-state index contributed by atoms with van der Waals surface area (Å²) >= 11 is 10.6.